The maximum atomic E-state index is 13.3. The van der Waals surface area contributed by atoms with E-state index < -0.39 is 18.1 Å². The predicted octanol–water partition coefficient (Wildman–Crippen LogP) is 6.64. The fourth-order valence-electron chi connectivity index (χ4n) is 4.61. The molecule has 33 heavy (non-hydrogen) atoms. The van der Waals surface area contributed by atoms with Gasteiger partial charge in [-0.1, -0.05) is 76.1 Å². The molecule has 168 valence electrons. The summed E-state index contributed by atoms with van der Waals surface area (Å²) in [6, 6.07) is 19.8. The van der Waals surface area contributed by atoms with Gasteiger partial charge in [-0.05, 0) is 53.3 Å². The second-order valence-electron chi connectivity index (χ2n) is 8.35. The first kappa shape index (κ1) is 22.0. The molecule has 0 saturated heterocycles. The zero-order valence-electron chi connectivity index (χ0n) is 17.6. The Balaban J connectivity index is 1.42. The van der Waals surface area contributed by atoms with Crippen molar-refractivity contribution in [1.82, 2.24) is 4.90 Å². The van der Waals surface area contributed by atoms with Gasteiger partial charge in [0.25, 0.3) is 0 Å². The Morgan fingerprint density at radius 1 is 1.03 bits per heavy atom. The number of nitrogens with zero attached hydrogens (tertiary/aromatic N) is 1. The third-order valence-corrected chi connectivity index (χ3v) is 7.21. The Hall–Kier alpha value is -2.83. The third kappa shape index (κ3) is 4.13. The molecule has 3 aromatic rings. The SMILES string of the molecule is O=C(O)C(c1cc(Cl)ccc1Br)N(C(=O)OCC1c2ccccc2-c2ccccc21)C1CC1. The lowest BCUT2D eigenvalue weighted by Crippen LogP contribution is -2.41. The third-order valence-electron chi connectivity index (χ3n) is 6.25. The Morgan fingerprint density at radius 2 is 1.64 bits per heavy atom. The van der Waals surface area contributed by atoms with Crippen LogP contribution in [0.15, 0.2) is 71.2 Å². The van der Waals surface area contributed by atoms with E-state index in [0.717, 1.165) is 35.1 Å². The van der Waals surface area contributed by atoms with Gasteiger partial charge in [0.05, 0.1) is 0 Å². The second-order valence-corrected chi connectivity index (χ2v) is 9.64. The van der Waals surface area contributed by atoms with Gasteiger partial charge in [0.1, 0.15) is 6.61 Å². The van der Waals surface area contributed by atoms with E-state index in [2.05, 4.69) is 40.2 Å². The monoisotopic (exact) mass is 525 g/mol. The van der Waals surface area contributed by atoms with Crippen LogP contribution in [0.25, 0.3) is 11.1 Å². The summed E-state index contributed by atoms with van der Waals surface area (Å²) in [6.07, 6.45) is 0.858. The fraction of sp³-hybridized carbons (Fsp3) is 0.231. The Bertz CT molecular complexity index is 1200. The molecular formula is C26H21BrClNO4. The molecule has 1 N–H and O–H groups in total. The van der Waals surface area contributed by atoms with Crippen LogP contribution in [-0.4, -0.2) is 34.7 Å². The molecule has 5 nitrogen and oxygen atoms in total. The average Bonchev–Trinajstić information content (AvgIpc) is 3.59. The number of hydrogen-bond acceptors (Lipinski definition) is 3. The van der Waals surface area contributed by atoms with E-state index >= 15 is 0 Å². The molecule has 1 unspecified atom stereocenters. The van der Waals surface area contributed by atoms with E-state index in [1.54, 1.807) is 18.2 Å². The minimum absolute atomic E-state index is 0.0939. The lowest BCUT2D eigenvalue weighted by atomic mass is 9.98. The largest absolute Gasteiger partial charge is 0.479 e. The number of amides is 1. The zero-order valence-corrected chi connectivity index (χ0v) is 19.9. The molecule has 0 spiro atoms. The van der Waals surface area contributed by atoms with Crippen molar-refractivity contribution in [2.45, 2.75) is 30.8 Å². The van der Waals surface area contributed by atoms with Crippen molar-refractivity contribution in [2.75, 3.05) is 6.61 Å². The van der Waals surface area contributed by atoms with Gasteiger partial charge in [-0.2, -0.15) is 0 Å². The van der Waals surface area contributed by atoms with Crippen molar-refractivity contribution < 1.29 is 19.4 Å². The summed E-state index contributed by atoms with van der Waals surface area (Å²) in [5.41, 5.74) is 4.92. The van der Waals surface area contributed by atoms with Crippen LogP contribution in [0, 0.1) is 0 Å². The lowest BCUT2D eigenvalue weighted by Gasteiger charge is -2.30. The highest BCUT2D eigenvalue weighted by Gasteiger charge is 2.43. The van der Waals surface area contributed by atoms with E-state index in [1.165, 1.54) is 4.90 Å². The topological polar surface area (TPSA) is 66.8 Å². The van der Waals surface area contributed by atoms with Crippen molar-refractivity contribution >= 4 is 39.6 Å². The normalized spacial score (nSPS) is 15.5. The molecule has 1 atom stereocenters. The van der Waals surface area contributed by atoms with Gasteiger partial charge >= 0.3 is 12.1 Å². The van der Waals surface area contributed by atoms with Gasteiger partial charge in [-0.25, -0.2) is 9.59 Å². The fourth-order valence-corrected chi connectivity index (χ4v) is 5.26. The Labute approximate surface area is 205 Å². The molecule has 7 heteroatoms. The highest BCUT2D eigenvalue weighted by Crippen LogP contribution is 2.45. The highest BCUT2D eigenvalue weighted by molar-refractivity contribution is 9.10. The number of benzene rings is 3. The number of halogens is 2. The van der Waals surface area contributed by atoms with Crippen molar-refractivity contribution in [2.24, 2.45) is 0 Å². The van der Waals surface area contributed by atoms with Crippen LogP contribution in [0.2, 0.25) is 5.02 Å². The van der Waals surface area contributed by atoms with Crippen LogP contribution in [0.3, 0.4) is 0 Å². The van der Waals surface area contributed by atoms with Gasteiger partial charge in [0, 0.05) is 27.0 Å². The predicted molar refractivity (Wildman–Crippen MR) is 129 cm³/mol. The summed E-state index contributed by atoms with van der Waals surface area (Å²) in [6.45, 7) is 0.138. The molecule has 0 heterocycles. The zero-order chi connectivity index (χ0) is 23.1. The molecule has 0 bridgehead atoms. The number of carboxylic acids is 1. The number of rotatable bonds is 6. The maximum Gasteiger partial charge on any atom is 0.411 e. The summed E-state index contributed by atoms with van der Waals surface area (Å²) in [5, 5.41) is 10.5. The van der Waals surface area contributed by atoms with E-state index in [0.29, 0.717) is 15.1 Å². The van der Waals surface area contributed by atoms with Gasteiger partial charge in [-0.15, -0.1) is 0 Å². The maximum absolute atomic E-state index is 13.3. The summed E-state index contributed by atoms with van der Waals surface area (Å²) < 4.78 is 6.38. The first-order valence-electron chi connectivity index (χ1n) is 10.8. The van der Waals surface area contributed by atoms with Crippen LogP contribution in [0.5, 0.6) is 0 Å². The molecule has 5 rings (SSSR count). The molecule has 1 saturated carbocycles. The number of ether oxygens (including phenoxy) is 1. The lowest BCUT2D eigenvalue weighted by molar-refractivity contribution is -0.143. The Morgan fingerprint density at radius 3 is 2.21 bits per heavy atom. The number of hydrogen-bond donors (Lipinski definition) is 1. The number of carbonyl (C=O) groups is 2. The van der Waals surface area contributed by atoms with E-state index in [-0.39, 0.29) is 18.6 Å². The summed E-state index contributed by atoms with van der Waals surface area (Å²) in [7, 11) is 0. The second kappa shape index (κ2) is 8.84. The molecule has 0 aromatic heterocycles. The van der Waals surface area contributed by atoms with E-state index in [9.17, 15) is 14.7 Å². The van der Waals surface area contributed by atoms with Crippen molar-refractivity contribution in [3.05, 3.63) is 92.9 Å². The molecule has 3 aromatic carbocycles. The standard InChI is InChI=1S/C26H21BrClNO4/c27-23-12-9-15(28)13-21(23)24(25(30)31)29(16-10-11-16)26(32)33-14-22-19-7-3-1-5-17(19)18-6-2-4-8-20(18)22/h1-9,12-13,16,22,24H,10-11,14H2,(H,30,31). The first-order chi connectivity index (χ1) is 16.0. The molecule has 0 radical (unpaired) electrons. The van der Waals surface area contributed by atoms with Crippen molar-refractivity contribution in [3.63, 3.8) is 0 Å². The van der Waals surface area contributed by atoms with Gasteiger partial charge < -0.3 is 9.84 Å². The molecule has 2 aliphatic rings. The average molecular weight is 527 g/mol. The number of aliphatic carboxylic acids is 1. The molecule has 2 aliphatic carbocycles. The van der Waals surface area contributed by atoms with Crippen LogP contribution in [0.4, 0.5) is 4.79 Å². The molecule has 1 fully saturated rings. The van der Waals surface area contributed by atoms with Crippen molar-refractivity contribution in [1.29, 1.82) is 0 Å². The smallest absolute Gasteiger partial charge is 0.411 e. The summed E-state index contributed by atoms with van der Waals surface area (Å²) >= 11 is 9.55. The Kier molecular flexibility index (Phi) is 5.89. The summed E-state index contributed by atoms with van der Waals surface area (Å²) in [4.78, 5) is 27.0. The van der Waals surface area contributed by atoms with Crippen LogP contribution in [-0.2, 0) is 9.53 Å². The summed E-state index contributed by atoms with van der Waals surface area (Å²) in [5.74, 6) is -1.22. The van der Waals surface area contributed by atoms with Gasteiger partial charge in [0.15, 0.2) is 6.04 Å². The van der Waals surface area contributed by atoms with Crippen LogP contribution in [0.1, 0.15) is 41.5 Å². The molecule has 1 amide bonds. The number of carbonyl (C=O) groups excluding carboxylic acids is 1. The van der Waals surface area contributed by atoms with Gasteiger partial charge in [-0.3, -0.25) is 4.90 Å². The van der Waals surface area contributed by atoms with Crippen LogP contribution < -0.4 is 0 Å². The minimum atomic E-state index is -1.19. The molecule has 0 aliphatic heterocycles. The molecular weight excluding hydrogens is 506 g/mol. The van der Waals surface area contributed by atoms with Gasteiger partial charge in [0.2, 0.25) is 0 Å². The number of fused-ring (bicyclic) bond motifs is 3. The van der Waals surface area contributed by atoms with Crippen LogP contribution >= 0.6 is 27.5 Å². The highest BCUT2D eigenvalue weighted by atomic mass is 79.9. The van der Waals surface area contributed by atoms with Crippen molar-refractivity contribution in [3.8, 4) is 11.1 Å². The first-order valence-corrected chi connectivity index (χ1v) is 11.9. The van der Waals surface area contributed by atoms with E-state index in [4.69, 9.17) is 16.3 Å². The minimum Gasteiger partial charge on any atom is -0.479 e. The quantitative estimate of drug-likeness (QED) is 0.391. The van der Waals surface area contributed by atoms with E-state index in [1.807, 2.05) is 24.3 Å². The number of carboxylic acid groups (broad SMARTS) is 1.